The molecule has 0 spiro atoms. The van der Waals surface area contributed by atoms with Crippen LogP contribution in [0.5, 0.6) is 5.75 Å². The Morgan fingerprint density at radius 1 is 1.29 bits per heavy atom. The van der Waals surface area contributed by atoms with Gasteiger partial charge < -0.3 is 10.1 Å². The van der Waals surface area contributed by atoms with Crippen molar-refractivity contribution in [2.75, 3.05) is 13.1 Å². The van der Waals surface area contributed by atoms with E-state index in [9.17, 15) is 13.6 Å². The van der Waals surface area contributed by atoms with Crippen LogP contribution in [0.4, 0.5) is 8.78 Å². The van der Waals surface area contributed by atoms with E-state index in [0.717, 1.165) is 0 Å². The van der Waals surface area contributed by atoms with Crippen LogP contribution >= 0.6 is 0 Å². The van der Waals surface area contributed by atoms with Crippen LogP contribution in [0.15, 0.2) is 24.3 Å². The van der Waals surface area contributed by atoms with Gasteiger partial charge in [0.15, 0.2) is 0 Å². The maximum atomic E-state index is 13.9. The first-order valence-corrected chi connectivity index (χ1v) is 7.11. The van der Waals surface area contributed by atoms with Crippen molar-refractivity contribution in [2.45, 2.75) is 39.0 Å². The van der Waals surface area contributed by atoms with Gasteiger partial charge in [-0.1, -0.05) is 12.1 Å². The molecule has 0 amide bonds. The Balaban J connectivity index is 2.10. The average Bonchev–Trinajstić information content (AvgIpc) is 2.38. The second-order valence-electron chi connectivity index (χ2n) is 6.49. The lowest BCUT2D eigenvalue weighted by molar-refractivity contribution is -0.143. The molecule has 0 aromatic heterocycles. The van der Waals surface area contributed by atoms with Crippen LogP contribution in [-0.4, -0.2) is 25.0 Å². The van der Waals surface area contributed by atoms with Crippen molar-refractivity contribution in [1.29, 1.82) is 0 Å². The Morgan fingerprint density at radius 2 is 1.90 bits per heavy atom. The normalized spacial score (nSPS) is 21.9. The Hall–Kier alpha value is -1.49. The third-order valence-electron chi connectivity index (χ3n) is 3.59. The van der Waals surface area contributed by atoms with Gasteiger partial charge in [0, 0.05) is 0 Å². The molecule has 1 aliphatic heterocycles. The topological polar surface area (TPSA) is 38.3 Å². The van der Waals surface area contributed by atoms with Gasteiger partial charge in [-0.2, -0.15) is 0 Å². The number of nitrogens with one attached hydrogen (secondary N) is 1. The molecule has 1 aliphatic rings. The summed E-state index contributed by atoms with van der Waals surface area (Å²) in [6.45, 7) is 5.58. The van der Waals surface area contributed by atoms with Crippen LogP contribution in [-0.2, 0) is 4.79 Å². The highest BCUT2D eigenvalue weighted by Crippen LogP contribution is 2.38. The number of piperidine rings is 1. The highest BCUT2D eigenvalue weighted by atomic mass is 19.3. The van der Waals surface area contributed by atoms with Crippen LogP contribution in [0.3, 0.4) is 0 Å². The summed E-state index contributed by atoms with van der Waals surface area (Å²) in [5.41, 5.74) is -0.0159. The standard InChI is InChI=1S/C16H21F2NO2/c1-15(2,3)14(20)21-12-6-4-11(5-7-12)13-8-9-19-10-16(13,17)18/h4-7,13,19H,8-10H2,1-3H3. The molecule has 0 saturated carbocycles. The van der Waals surface area contributed by atoms with Crippen molar-refractivity contribution in [3.05, 3.63) is 29.8 Å². The molecular formula is C16H21F2NO2. The Bertz CT molecular complexity index is 506. The molecule has 1 fully saturated rings. The molecule has 1 atom stereocenters. The summed E-state index contributed by atoms with van der Waals surface area (Å²) < 4.78 is 33.0. The number of hydrogen-bond donors (Lipinski definition) is 1. The van der Waals surface area contributed by atoms with Crippen LogP contribution < -0.4 is 10.1 Å². The lowest BCUT2D eigenvalue weighted by atomic mass is 9.87. The number of ether oxygens (including phenoxy) is 1. The van der Waals surface area contributed by atoms with E-state index in [2.05, 4.69) is 5.32 Å². The number of alkyl halides is 2. The molecule has 2 rings (SSSR count). The quantitative estimate of drug-likeness (QED) is 0.672. The van der Waals surface area contributed by atoms with Crippen molar-refractivity contribution >= 4 is 5.97 Å². The van der Waals surface area contributed by atoms with Crippen molar-refractivity contribution in [3.8, 4) is 5.75 Å². The fraction of sp³-hybridized carbons (Fsp3) is 0.562. The predicted molar refractivity (Wildman–Crippen MR) is 76.7 cm³/mol. The summed E-state index contributed by atoms with van der Waals surface area (Å²) in [4.78, 5) is 11.8. The zero-order chi connectivity index (χ0) is 15.7. The van der Waals surface area contributed by atoms with E-state index in [1.54, 1.807) is 45.0 Å². The smallest absolute Gasteiger partial charge is 0.316 e. The second kappa shape index (κ2) is 5.72. The number of rotatable bonds is 2. The second-order valence-corrected chi connectivity index (χ2v) is 6.49. The Kier molecular flexibility index (Phi) is 4.33. The van der Waals surface area contributed by atoms with E-state index in [1.807, 2.05) is 0 Å². The van der Waals surface area contributed by atoms with Crippen molar-refractivity contribution < 1.29 is 18.3 Å². The van der Waals surface area contributed by atoms with Gasteiger partial charge in [-0.15, -0.1) is 0 Å². The molecule has 3 nitrogen and oxygen atoms in total. The summed E-state index contributed by atoms with van der Waals surface area (Å²) in [7, 11) is 0. The van der Waals surface area contributed by atoms with E-state index >= 15 is 0 Å². The first-order chi connectivity index (χ1) is 9.70. The third-order valence-corrected chi connectivity index (χ3v) is 3.59. The van der Waals surface area contributed by atoms with Crippen molar-refractivity contribution in [3.63, 3.8) is 0 Å². The summed E-state index contributed by atoms with van der Waals surface area (Å²) in [6, 6.07) is 6.40. The molecule has 1 N–H and O–H groups in total. The molecule has 1 aromatic carbocycles. The maximum Gasteiger partial charge on any atom is 0.316 e. The van der Waals surface area contributed by atoms with Crippen molar-refractivity contribution in [1.82, 2.24) is 5.32 Å². The van der Waals surface area contributed by atoms with Crippen LogP contribution in [0.1, 0.15) is 38.7 Å². The first-order valence-electron chi connectivity index (χ1n) is 7.11. The number of hydrogen-bond acceptors (Lipinski definition) is 3. The minimum absolute atomic E-state index is 0.293. The minimum atomic E-state index is -2.75. The zero-order valence-electron chi connectivity index (χ0n) is 12.6. The van der Waals surface area contributed by atoms with E-state index in [0.29, 0.717) is 24.3 Å². The maximum absolute atomic E-state index is 13.9. The molecule has 0 radical (unpaired) electrons. The van der Waals surface area contributed by atoms with E-state index in [4.69, 9.17) is 4.74 Å². The summed E-state index contributed by atoms with van der Waals surface area (Å²) in [6.07, 6.45) is 0.397. The SMILES string of the molecule is CC(C)(C)C(=O)Oc1ccc(C2CCNCC2(F)F)cc1. The highest BCUT2D eigenvalue weighted by molar-refractivity contribution is 5.77. The molecular weight excluding hydrogens is 276 g/mol. The average molecular weight is 297 g/mol. The number of esters is 1. The monoisotopic (exact) mass is 297 g/mol. The fourth-order valence-corrected chi connectivity index (χ4v) is 2.27. The molecule has 0 bridgehead atoms. The van der Waals surface area contributed by atoms with Gasteiger partial charge in [0.05, 0.1) is 17.9 Å². The molecule has 1 aromatic rings. The van der Waals surface area contributed by atoms with Crippen molar-refractivity contribution in [2.24, 2.45) is 5.41 Å². The van der Waals surface area contributed by atoms with Crippen LogP contribution in [0, 0.1) is 5.41 Å². The predicted octanol–water partition coefficient (Wildman–Crippen LogP) is 3.35. The summed E-state index contributed by atoms with van der Waals surface area (Å²) in [5, 5.41) is 2.71. The third kappa shape index (κ3) is 3.79. The van der Waals surface area contributed by atoms with Crippen LogP contribution in [0.2, 0.25) is 0 Å². The molecule has 1 heterocycles. The Labute approximate surface area is 123 Å². The van der Waals surface area contributed by atoms with Gasteiger partial charge in [-0.3, -0.25) is 4.79 Å². The molecule has 1 saturated heterocycles. The Morgan fingerprint density at radius 3 is 2.43 bits per heavy atom. The minimum Gasteiger partial charge on any atom is -0.426 e. The van der Waals surface area contributed by atoms with Gasteiger partial charge in [0.1, 0.15) is 5.75 Å². The number of carbonyl (C=O) groups is 1. The first kappa shape index (κ1) is 15.9. The lowest BCUT2D eigenvalue weighted by Gasteiger charge is -2.32. The van der Waals surface area contributed by atoms with Gasteiger partial charge in [0.2, 0.25) is 0 Å². The van der Waals surface area contributed by atoms with Gasteiger partial charge in [0.25, 0.3) is 5.92 Å². The van der Waals surface area contributed by atoms with E-state index in [-0.39, 0.29) is 12.5 Å². The fourth-order valence-electron chi connectivity index (χ4n) is 2.27. The van der Waals surface area contributed by atoms with Crippen LogP contribution in [0.25, 0.3) is 0 Å². The van der Waals surface area contributed by atoms with E-state index in [1.165, 1.54) is 0 Å². The number of benzene rings is 1. The molecule has 5 heteroatoms. The highest BCUT2D eigenvalue weighted by Gasteiger charge is 2.42. The van der Waals surface area contributed by atoms with Gasteiger partial charge >= 0.3 is 5.97 Å². The number of carbonyl (C=O) groups excluding carboxylic acids is 1. The lowest BCUT2D eigenvalue weighted by Crippen LogP contribution is -2.44. The van der Waals surface area contributed by atoms with Gasteiger partial charge in [-0.05, 0) is 51.4 Å². The molecule has 21 heavy (non-hydrogen) atoms. The number of halogens is 2. The van der Waals surface area contributed by atoms with E-state index < -0.39 is 17.3 Å². The van der Waals surface area contributed by atoms with Gasteiger partial charge in [-0.25, -0.2) is 8.78 Å². The largest absolute Gasteiger partial charge is 0.426 e. The summed E-state index contributed by atoms with van der Waals surface area (Å²) in [5.74, 6) is -3.49. The molecule has 1 unspecified atom stereocenters. The summed E-state index contributed by atoms with van der Waals surface area (Å²) >= 11 is 0. The molecule has 0 aliphatic carbocycles. The molecule has 116 valence electrons. The zero-order valence-corrected chi connectivity index (χ0v) is 12.6.